The molecule has 1 aliphatic carbocycles. The summed E-state index contributed by atoms with van der Waals surface area (Å²) in [5.74, 6) is 1.79. The fourth-order valence-electron chi connectivity index (χ4n) is 2.98. The molecule has 0 radical (unpaired) electrons. The summed E-state index contributed by atoms with van der Waals surface area (Å²) in [5, 5.41) is 4.86. The molecule has 0 spiro atoms. The normalized spacial score (nSPS) is 32.8. The van der Waals surface area contributed by atoms with Crippen LogP contribution in [0.3, 0.4) is 0 Å². The topological polar surface area (TPSA) is 41.1 Å². The maximum atomic E-state index is 4.73. The van der Waals surface area contributed by atoms with Crippen LogP contribution in [0.5, 0.6) is 0 Å². The van der Waals surface area contributed by atoms with Gasteiger partial charge in [-0.25, -0.2) is 4.98 Å². The quantitative estimate of drug-likeness (QED) is 0.868. The molecule has 4 nitrogen and oxygen atoms in total. The average molecular weight is 250 g/mol. The minimum Gasteiger partial charge on any atom is -0.345 e. The first-order chi connectivity index (χ1) is 8.38. The van der Waals surface area contributed by atoms with Gasteiger partial charge in [0.25, 0.3) is 0 Å². The van der Waals surface area contributed by atoms with E-state index in [1.54, 1.807) is 11.5 Å². The molecule has 92 valence electrons. The van der Waals surface area contributed by atoms with Crippen LogP contribution in [0.1, 0.15) is 43.8 Å². The molecule has 3 fully saturated rings. The third-order valence-corrected chi connectivity index (χ3v) is 4.96. The Bertz CT molecular complexity index is 414. The van der Waals surface area contributed by atoms with E-state index in [4.69, 9.17) is 4.98 Å². The highest BCUT2D eigenvalue weighted by Crippen LogP contribution is 2.40. The zero-order valence-corrected chi connectivity index (χ0v) is 10.7. The molecule has 1 saturated carbocycles. The maximum absolute atomic E-state index is 4.73. The van der Waals surface area contributed by atoms with Crippen molar-refractivity contribution in [1.82, 2.24) is 14.7 Å². The van der Waals surface area contributed by atoms with E-state index in [1.165, 1.54) is 32.1 Å². The van der Waals surface area contributed by atoms with Gasteiger partial charge in [0, 0.05) is 42.6 Å². The van der Waals surface area contributed by atoms with Crippen LogP contribution >= 0.6 is 11.5 Å². The van der Waals surface area contributed by atoms with E-state index in [2.05, 4.69) is 14.6 Å². The molecule has 3 heterocycles. The van der Waals surface area contributed by atoms with E-state index < -0.39 is 0 Å². The van der Waals surface area contributed by atoms with Gasteiger partial charge in [-0.15, -0.1) is 0 Å². The van der Waals surface area contributed by atoms with Crippen LogP contribution < -0.4 is 10.2 Å². The average Bonchev–Trinajstić information content (AvgIpc) is 2.95. The molecular formula is C12H18N4S. The Morgan fingerprint density at radius 1 is 1.12 bits per heavy atom. The SMILES string of the molecule is C1CC2CN(c3nc(C4CC4)ns3)CCC1N2. The molecular weight excluding hydrogens is 232 g/mol. The minimum atomic E-state index is 0.677. The molecule has 17 heavy (non-hydrogen) atoms. The molecule has 1 aromatic rings. The van der Waals surface area contributed by atoms with Crippen molar-refractivity contribution >= 4 is 16.7 Å². The van der Waals surface area contributed by atoms with Gasteiger partial charge in [-0.2, -0.15) is 4.37 Å². The van der Waals surface area contributed by atoms with Gasteiger partial charge in [0.05, 0.1) is 0 Å². The van der Waals surface area contributed by atoms with E-state index in [9.17, 15) is 0 Å². The lowest BCUT2D eigenvalue weighted by Crippen LogP contribution is -2.35. The molecule has 4 rings (SSSR count). The number of anilines is 1. The molecule has 2 atom stereocenters. The molecule has 0 amide bonds. The fraction of sp³-hybridized carbons (Fsp3) is 0.833. The number of aromatic nitrogens is 2. The fourth-order valence-corrected chi connectivity index (χ4v) is 3.76. The van der Waals surface area contributed by atoms with Crippen LogP contribution in [0.25, 0.3) is 0 Å². The van der Waals surface area contributed by atoms with Crippen LogP contribution in [-0.2, 0) is 0 Å². The second-order valence-corrected chi connectivity index (χ2v) is 6.31. The Hall–Kier alpha value is -0.680. The predicted octanol–water partition coefficient (Wildman–Crippen LogP) is 1.75. The molecule has 2 unspecified atom stereocenters. The van der Waals surface area contributed by atoms with Gasteiger partial charge in [-0.1, -0.05) is 0 Å². The summed E-state index contributed by atoms with van der Waals surface area (Å²) in [6.07, 6.45) is 6.54. The second kappa shape index (κ2) is 3.92. The number of hydrogen-bond acceptors (Lipinski definition) is 5. The van der Waals surface area contributed by atoms with Gasteiger partial charge < -0.3 is 10.2 Å². The maximum Gasteiger partial charge on any atom is 0.205 e. The molecule has 2 bridgehead atoms. The minimum absolute atomic E-state index is 0.677. The van der Waals surface area contributed by atoms with Crippen LogP contribution in [0.15, 0.2) is 0 Å². The summed E-state index contributed by atoms with van der Waals surface area (Å²) in [6.45, 7) is 2.27. The van der Waals surface area contributed by atoms with Crippen molar-refractivity contribution in [3.8, 4) is 0 Å². The van der Waals surface area contributed by atoms with Crippen LogP contribution in [0.4, 0.5) is 5.13 Å². The van der Waals surface area contributed by atoms with Gasteiger partial charge in [-0.05, 0) is 32.1 Å². The van der Waals surface area contributed by atoms with E-state index >= 15 is 0 Å². The van der Waals surface area contributed by atoms with Crippen LogP contribution in [0.2, 0.25) is 0 Å². The van der Waals surface area contributed by atoms with Crippen molar-refractivity contribution in [2.75, 3.05) is 18.0 Å². The number of rotatable bonds is 2. The Balaban J connectivity index is 1.52. The largest absolute Gasteiger partial charge is 0.345 e. The molecule has 2 aliphatic heterocycles. The van der Waals surface area contributed by atoms with Crippen molar-refractivity contribution in [2.45, 2.75) is 50.1 Å². The van der Waals surface area contributed by atoms with Crippen molar-refractivity contribution in [3.05, 3.63) is 5.82 Å². The third-order valence-electron chi connectivity index (χ3n) is 4.17. The van der Waals surface area contributed by atoms with E-state index in [1.807, 2.05) is 0 Å². The standard InChI is InChI=1S/C12H18N4S/c1-2-8(1)11-14-12(17-15-11)16-6-5-9-3-4-10(7-16)13-9/h8-10,13H,1-7H2. The Morgan fingerprint density at radius 2 is 2.00 bits per heavy atom. The highest BCUT2D eigenvalue weighted by atomic mass is 32.1. The highest BCUT2D eigenvalue weighted by Gasteiger charge is 2.32. The Morgan fingerprint density at radius 3 is 2.88 bits per heavy atom. The second-order valence-electron chi connectivity index (χ2n) is 5.58. The first-order valence-electron chi connectivity index (χ1n) is 6.73. The van der Waals surface area contributed by atoms with Crippen LogP contribution in [0, 0.1) is 0 Å². The van der Waals surface area contributed by atoms with Crippen molar-refractivity contribution in [2.24, 2.45) is 0 Å². The number of hydrogen-bond donors (Lipinski definition) is 1. The molecule has 1 N–H and O–H groups in total. The predicted molar refractivity (Wildman–Crippen MR) is 68.7 cm³/mol. The Labute approximate surface area is 106 Å². The number of nitrogens with one attached hydrogen (secondary N) is 1. The summed E-state index contributed by atoms with van der Waals surface area (Å²) >= 11 is 1.60. The van der Waals surface area contributed by atoms with Gasteiger partial charge in [0.1, 0.15) is 5.82 Å². The van der Waals surface area contributed by atoms with Crippen molar-refractivity contribution in [1.29, 1.82) is 0 Å². The number of nitrogens with zero attached hydrogens (tertiary/aromatic N) is 3. The third kappa shape index (κ3) is 1.95. The lowest BCUT2D eigenvalue weighted by atomic mass is 10.1. The summed E-state index contributed by atoms with van der Waals surface area (Å²) in [6, 6.07) is 1.43. The van der Waals surface area contributed by atoms with Gasteiger partial charge in [0.2, 0.25) is 5.13 Å². The van der Waals surface area contributed by atoms with Gasteiger partial charge in [0.15, 0.2) is 0 Å². The van der Waals surface area contributed by atoms with Gasteiger partial charge >= 0.3 is 0 Å². The molecule has 0 aromatic carbocycles. The summed E-state index contributed by atoms with van der Waals surface area (Å²) in [5.41, 5.74) is 0. The van der Waals surface area contributed by atoms with Crippen LogP contribution in [-0.4, -0.2) is 34.5 Å². The Kier molecular flexibility index (Phi) is 2.36. The summed E-state index contributed by atoms with van der Waals surface area (Å²) < 4.78 is 4.51. The first kappa shape index (κ1) is 10.3. The van der Waals surface area contributed by atoms with E-state index in [-0.39, 0.29) is 0 Å². The van der Waals surface area contributed by atoms with E-state index in [0.29, 0.717) is 12.0 Å². The monoisotopic (exact) mass is 250 g/mol. The molecule has 2 saturated heterocycles. The van der Waals surface area contributed by atoms with E-state index in [0.717, 1.165) is 30.1 Å². The summed E-state index contributed by atoms with van der Waals surface area (Å²) in [4.78, 5) is 7.17. The number of fused-ring (bicyclic) bond motifs is 2. The van der Waals surface area contributed by atoms with Crippen molar-refractivity contribution < 1.29 is 0 Å². The van der Waals surface area contributed by atoms with Gasteiger partial charge in [-0.3, -0.25) is 0 Å². The lowest BCUT2D eigenvalue weighted by Gasteiger charge is -2.22. The molecule has 5 heteroatoms. The summed E-state index contributed by atoms with van der Waals surface area (Å²) in [7, 11) is 0. The lowest BCUT2D eigenvalue weighted by molar-refractivity contribution is 0.563. The smallest absolute Gasteiger partial charge is 0.205 e. The zero-order valence-electron chi connectivity index (χ0n) is 9.93. The molecule has 1 aromatic heterocycles. The molecule has 3 aliphatic rings. The van der Waals surface area contributed by atoms with Crippen molar-refractivity contribution in [3.63, 3.8) is 0 Å². The highest BCUT2D eigenvalue weighted by molar-refractivity contribution is 7.09. The first-order valence-corrected chi connectivity index (χ1v) is 7.50. The zero-order chi connectivity index (χ0) is 11.2.